The van der Waals surface area contributed by atoms with Gasteiger partial charge in [-0.15, -0.1) is 0 Å². The summed E-state index contributed by atoms with van der Waals surface area (Å²) in [6, 6.07) is 12.9. The van der Waals surface area contributed by atoms with Crippen molar-refractivity contribution in [3.8, 4) is 0 Å². The highest BCUT2D eigenvalue weighted by Gasteiger charge is 2.07. The Morgan fingerprint density at radius 2 is 1.92 bits per heavy atom. The molecular weight excluding hydrogens is 196 g/mol. The molecule has 1 radical (unpaired) electrons. The highest BCUT2D eigenvalue weighted by atomic mass is 35.6. The first kappa shape index (κ1) is 10.8. The third-order valence-corrected chi connectivity index (χ3v) is 4.70. The highest BCUT2D eigenvalue weighted by molar-refractivity contribution is 7.06. The number of benzene rings is 1. The maximum atomic E-state index is 6.30. The van der Waals surface area contributed by atoms with Crippen molar-refractivity contribution in [2.75, 3.05) is 0 Å². The summed E-state index contributed by atoms with van der Waals surface area (Å²) in [5.74, 6) is 0. The predicted octanol–water partition coefficient (Wildman–Crippen LogP) is 3.80. The van der Waals surface area contributed by atoms with Crippen molar-refractivity contribution in [1.82, 2.24) is 0 Å². The van der Waals surface area contributed by atoms with Gasteiger partial charge in [0.05, 0.1) is 0 Å². The van der Waals surface area contributed by atoms with E-state index in [9.17, 15) is 0 Å². The van der Waals surface area contributed by atoms with Crippen molar-refractivity contribution in [3.05, 3.63) is 35.9 Å². The largest absolute Gasteiger partial charge is 0.169 e. The molecule has 71 valence electrons. The molecule has 0 unspecified atom stereocenters. The topological polar surface area (TPSA) is 0 Å². The summed E-state index contributed by atoms with van der Waals surface area (Å²) in [7, 11) is -0.632. The number of hydrogen-bond acceptors (Lipinski definition) is 0. The molecule has 13 heavy (non-hydrogen) atoms. The van der Waals surface area contributed by atoms with E-state index in [-0.39, 0.29) is 0 Å². The lowest BCUT2D eigenvalue weighted by Crippen LogP contribution is -2.08. The van der Waals surface area contributed by atoms with Gasteiger partial charge in [0.1, 0.15) is 0 Å². The standard InChI is InChI=1S/C11H16ClSi/c1-2-3-9-13(12)10-11-7-5-4-6-8-11/h4-8H,2-3,9-10H2,1H3. The Kier molecular flexibility index (Phi) is 5.17. The van der Waals surface area contributed by atoms with Crippen LogP contribution in [-0.2, 0) is 6.04 Å². The summed E-state index contributed by atoms with van der Waals surface area (Å²) in [6.45, 7) is 2.22. The Hall–Kier alpha value is -0.273. The van der Waals surface area contributed by atoms with Crippen LogP contribution in [0, 0.1) is 0 Å². The van der Waals surface area contributed by atoms with Gasteiger partial charge in [0.15, 0.2) is 8.11 Å². The van der Waals surface area contributed by atoms with Gasteiger partial charge in [-0.2, -0.15) is 11.1 Å². The van der Waals surface area contributed by atoms with Crippen LogP contribution in [0.15, 0.2) is 30.3 Å². The molecule has 1 aromatic carbocycles. The predicted molar refractivity (Wildman–Crippen MR) is 61.5 cm³/mol. The SMILES string of the molecule is CCCC[Si](Cl)Cc1ccccc1. The molecule has 0 heterocycles. The van der Waals surface area contributed by atoms with E-state index in [2.05, 4.69) is 37.3 Å². The molecule has 0 aromatic heterocycles. The summed E-state index contributed by atoms with van der Waals surface area (Å²) in [5.41, 5.74) is 1.39. The summed E-state index contributed by atoms with van der Waals surface area (Å²) < 4.78 is 0. The Labute approximate surface area is 87.2 Å². The molecule has 0 aliphatic carbocycles. The molecule has 0 nitrogen and oxygen atoms in total. The second kappa shape index (κ2) is 6.22. The van der Waals surface area contributed by atoms with E-state index in [0.29, 0.717) is 0 Å². The lowest BCUT2D eigenvalue weighted by Gasteiger charge is -2.05. The van der Waals surface area contributed by atoms with Crippen LogP contribution < -0.4 is 0 Å². The van der Waals surface area contributed by atoms with Gasteiger partial charge in [-0.1, -0.05) is 50.1 Å². The van der Waals surface area contributed by atoms with Gasteiger partial charge >= 0.3 is 0 Å². The molecular formula is C11H16ClSi. The molecule has 0 saturated heterocycles. The van der Waals surface area contributed by atoms with Crippen LogP contribution in [-0.4, -0.2) is 8.11 Å². The zero-order valence-corrected chi connectivity index (χ0v) is 9.85. The Morgan fingerprint density at radius 3 is 2.54 bits per heavy atom. The Morgan fingerprint density at radius 1 is 1.23 bits per heavy atom. The number of unbranched alkanes of at least 4 members (excludes halogenated alkanes) is 1. The number of rotatable bonds is 5. The first-order valence-electron chi connectivity index (χ1n) is 4.87. The normalized spacial score (nSPS) is 10.7. The molecule has 0 N–H and O–H groups in total. The van der Waals surface area contributed by atoms with Crippen molar-refractivity contribution >= 4 is 19.2 Å². The van der Waals surface area contributed by atoms with Crippen molar-refractivity contribution in [3.63, 3.8) is 0 Å². The fraction of sp³-hybridized carbons (Fsp3) is 0.455. The highest BCUT2D eigenvalue weighted by Crippen LogP contribution is 2.11. The minimum Gasteiger partial charge on any atom is -0.169 e. The maximum absolute atomic E-state index is 6.30. The summed E-state index contributed by atoms with van der Waals surface area (Å²) in [6.07, 6.45) is 2.54. The summed E-state index contributed by atoms with van der Waals surface area (Å²) in [4.78, 5) is 0. The first-order valence-corrected chi connectivity index (χ1v) is 7.79. The third kappa shape index (κ3) is 4.49. The summed E-state index contributed by atoms with van der Waals surface area (Å²) >= 11 is 6.30. The molecule has 0 bridgehead atoms. The zero-order chi connectivity index (χ0) is 9.52. The van der Waals surface area contributed by atoms with E-state index < -0.39 is 8.11 Å². The Balaban J connectivity index is 2.32. The fourth-order valence-electron chi connectivity index (χ4n) is 1.27. The quantitative estimate of drug-likeness (QED) is 0.514. The fourth-order valence-corrected chi connectivity index (χ4v) is 3.73. The van der Waals surface area contributed by atoms with Crippen molar-refractivity contribution in [1.29, 1.82) is 0 Å². The second-order valence-corrected chi connectivity index (χ2v) is 6.77. The van der Waals surface area contributed by atoms with Crippen LogP contribution in [0.4, 0.5) is 0 Å². The van der Waals surface area contributed by atoms with Gasteiger partial charge in [-0.05, 0) is 17.7 Å². The molecule has 0 aliphatic heterocycles. The van der Waals surface area contributed by atoms with Crippen LogP contribution >= 0.6 is 11.1 Å². The average Bonchev–Trinajstić information content (AvgIpc) is 2.16. The number of halogens is 1. The summed E-state index contributed by atoms with van der Waals surface area (Å²) in [5, 5.41) is 0. The zero-order valence-electron chi connectivity index (χ0n) is 8.09. The molecule has 1 rings (SSSR count). The van der Waals surface area contributed by atoms with Gasteiger partial charge in [0.25, 0.3) is 0 Å². The van der Waals surface area contributed by atoms with E-state index in [1.165, 1.54) is 24.4 Å². The van der Waals surface area contributed by atoms with Crippen molar-refractivity contribution in [2.45, 2.75) is 31.9 Å². The second-order valence-electron chi connectivity index (χ2n) is 3.28. The number of hydrogen-bond donors (Lipinski definition) is 0. The third-order valence-electron chi connectivity index (χ3n) is 2.04. The molecule has 0 aliphatic rings. The van der Waals surface area contributed by atoms with Crippen LogP contribution in [0.3, 0.4) is 0 Å². The van der Waals surface area contributed by atoms with E-state index in [0.717, 1.165) is 6.04 Å². The minimum absolute atomic E-state index is 0.632. The van der Waals surface area contributed by atoms with Crippen LogP contribution in [0.1, 0.15) is 25.3 Å². The molecule has 0 fully saturated rings. The van der Waals surface area contributed by atoms with Gasteiger partial charge in [-0.3, -0.25) is 0 Å². The first-order chi connectivity index (χ1) is 6.33. The van der Waals surface area contributed by atoms with Gasteiger partial charge < -0.3 is 0 Å². The lowest BCUT2D eigenvalue weighted by molar-refractivity contribution is 0.875. The lowest BCUT2D eigenvalue weighted by atomic mass is 10.2. The average molecular weight is 212 g/mol. The maximum Gasteiger partial charge on any atom is 0.169 e. The van der Waals surface area contributed by atoms with Crippen LogP contribution in [0.2, 0.25) is 6.04 Å². The van der Waals surface area contributed by atoms with Crippen LogP contribution in [0.5, 0.6) is 0 Å². The molecule has 2 heteroatoms. The minimum atomic E-state index is -0.632. The van der Waals surface area contributed by atoms with Gasteiger partial charge in [-0.25, -0.2) is 0 Å². The molecule has 1 aromatic rings. The van der Waals surface area contributed by atoms with E-state index in [4.69, 9.17) is 11.1 Å². The van der Waals surface area contributed by atoms with Crippen molar-refractivity contribution < 1.29 is 0 Å². The molecule has 0 spiro atoms. The van der Waals surface area contributed by atoms with Gasteiger partial charge in [0, 0.05) is 0 Å². The smallest absolute Gasteiger partial charge is 0.169 e. The molecule has 0 atom stereocenters. The monoisotopic (exact) mass is 211 g/mol. The van der Waals surface area contributed by atoms with Crippen LogP contribution in [0.25, 0.3) is 0 Å². The van der Waals surface area contributed by atoms with Crippen molar-refractivity contribution in [2.24, 2.45) is 0 Å². The van der Waals surface area contributed by atoms with Gasteiger partial charge in [0.2, 0.25) is 0 Å². The van der Waals surface area contributed by atoms with E-state index in [1.807, 2.05) is 0 Å². The molecule has 0 amide bonds. The molecule has 0 saturated carbocycles. The van der Waals surface area contributed by atoms with E-state index >= 15 is 0 Å². The Bertz CT molecular complexity index is 223. The van der Waals surface area contributed by atoms with E-state index in [1.54, 1.807) is 0 Å².